The van der Waals surface area contributed by atoms with Gasteiger partial charge in [-0.25, -0.2) is 0 Å². The smallest absolute Gasteiger partial charge is 0.196 e. The molecule has 0 radical (unpaired) electrons. The Bertz CT molecular complexity index is 1050. The highest BCUT2D eigenvalue weighted by atomic mass is 16.1. The molecule has 0 aliphatic heterocycles. The number of likely N-dealkylation sites (N-methyl/N-ethyl adjacent to an activating group) is 6. The fourth-order valence-electron chi connectivity index (χ4n) is 5.38. The average Bonchev–Trinajstić information content (AvgIpc) is 2.94. The van der Waals surface area contributed by atoms with Crippen LogP contribution in [0.3, 0.4) is 0 Å². The second-order valence-corrected chi connectivity index (χ2v) is 9.86. The monoisotopic (exact) mass is 552 g/mol. The molecule has 0 unspecified atom stereocenters. The quantitative estimate of drug-likeness (QED) is 0.111. The standard InChI is InChI=1S/C30H48N8O2/c1-7-31-19-29(33-9-3,34-10-4)37-23-17-13-15-21-25(23)27(39)22-16-14-18-24(26(22)28(21)40)38-30(35-11-5,36-12-6)20-32-8-2/h13-18,31-38H,7-12,19-20H2,1-6H3. The number of ketones is 2. The highest BCUT2D eigenvalue weighted by Crippen LogP contribution is 2.36. The first-order chi connectivity index (χ1) is 19.3. The number of fused-ring (bicyclic) bond motifs is 2. The molecular formula is C30H48N8O2. The van der Waals surface area contributed by atoms with Gasteiger partial charge in [0.1, 0.15) is 0 Å². The molecule has 2 aromatic rings. The lowest BCUT2D eigenvalue weighted by Crippen LogP contribution is -2.67. The molecule has 0 saturated heterocycles. The Balaban J connectivity index is 2.08. The van der Waals surface area contributed by atoms with Crippen molar-refractivity contribution in [1.29, 1.82) is 0 Å². The van der Waals surface area contributed by atoms with E-state index in [1.165, 1.54) is 0 Å². The summed E-state index contributed by atoms with van der Waals surface area (Å²) in [6.45, 7) is 17.8. The molecule has 1 aliphatic carbocycles. The van der Waals surface area contributed by atoms with Crippen molar-refractivity contribution in [3.05, 3.63) is 58.7 Å². The molecule has 1 aliphatic rings. The molecule has 0 atom stereocenters. The van der Waals surface area contributed by atoms with Gasteiger partial charge in [0.05, 0.1) is 11.1 Å². The fourth-order valence-corrected chi connectivity index (χ4v) is 5.38. The van der Waals surface area contributed by atoms with Gasteiger partial charge >= 0.3 is 0 Å². The van der Waals surface area contributed by atoms with Crippen LogP contribution in [0.4, 0.5) is 11.4 Å². The normalized spacial score (nSPS) is 13.2. The summed E-state index contributed by atoms with van der Waals surface area (Å²) in [5.41, 5.74) is 2.80. The molecule has 0 amide bonds. The van der Waals surface area contributed by atoms with Gasteiger partial charge < -0.3 is 21.3 Å². The van der Waals surface area contributed by atoms with Gasteiger partial charge in [-0.05, 0) is 51.4 Å². The molecule has 10 heteroatoms. The lowest BCUT2D eigenvalue weighted by atomic mass is 9.82. The molecule has 10 nitrogen and oxygen atoms in total. The first-order valence-electron chi connectivity index (χ1n) is 14.7. The van der Waals surface area contributed by atoms with Crippen molar-refractivity contribution in [1.82, 2.24) is 31.9 Å². The van der Waals surface area contributed by atoms with Crippen LogP contribution in [0.15, 0.2) is 36.4 Å². The number of benzene rings is 2. The molecule has 0 fully saturated rings. The molecule has 220 valence electrons. The third-order valence-corrected chi connectivity index (χ3v) is 6.96. The molecule has 40 heavy (non-hydrogen) atoms. The Kier molecular flexibility index (Phi) is 11.6. The lowest BCUT2D eigenvalue weighted by Gasteiger charge is -2.39. The Morgan fingerprint density at radius 1 is 0.525 bits per heavy atom. The van der Waals surface area contributed by atoms with Gasteiger partial charge in [-0.2, -0.15) is 0 Å². The maximum Gasteiger partial charge on any atom is 0.196 e. The highest BCUT2D eigenvalue weighted by molar-refractivity contribution is 6.31. The topological polar surface area (TPSA) is 130 Å². The van der Waals surface area contributed by atoms with E-state index >= 15 is 0 Å². The molecule has 0 saturated carbocycles. The SMILES string of the molecule is CCNCC(NCC)(NCC)Nc1cccc2c1C(=O)c1cccc(NC(CNCC)(NCC)NCC)c1C2=O. The Morgan fingerprint density at radius 3 is 1.18 bits per heavy atom. The first-order valence-corrected chi connectivity index (χ1v) is 14.7. The zero-order valence-corrected chi connectivity index (χ0v) is 24.9. The molecule has 3 rings (SSSR count). The molecule has 0 heterocycles. The first kappa shape index (κ1) is 31.7. The summed E-state index contributed by atoms with van der Waals surface area (Å²) in [6, 6.07) is 10.9. The van der Waals surface area contributed by atoms with Crippen LogP contribution in [0.5, 0.6) is 0 Å². The van der Waals surface area contributed by atoms with Crippen LogP contribution >= 0.6 is 0 Å². The maximum absolute atomic E-state index is 14.1. The second-order valence-electron chi connectivity index (χ2n) is 9.86. The molecule has 0 bridgehead atoms. The highest BCUT2D eigenvalue weighted by Gasteiger charge is 2.37. The minimum absolute atomic E-state index is 0.175. The number of carbonyl (C=O) groups is 2. The summed E-state index contributed by atoms with van der Waals surface area (Å²) in [4.78, 5) is 28.2. The van der Waals surface area contributed by atoms with E-state index in [0.717, 1.165) is 13.1 Å². The summed E-state index contributed by atoms with van der Waals surface area (Å²) in [6.07, 6.45) is 0. The van der Waals surface area contributed by atoms with Gasteiger partial charge in [0.25, 0.3) is 0 Å². The maximum atomic E-state index is 14.1. The van der Waals surface area contributed by atoms with Crippen molar-refractivity contribution in [3.63, 3.8) is 0 Å². The summed E-state index contributed by atoms with van der Waals surface area (Å²) in [7, 11) is 0. The van der Waals surface area contributed by atoms with Crippen LogP contribution in [0.25, 0.3) is 0 Å². The summed E-state index contributed by atoms with van der Waals surface area (Å²) in [5, 5.41) is 27.9. The fraction of sp³-hybridized carbons (Fsp3) is 0.533. The van der Waals surface area contributed by atoms with E-state index in [9.17, 15) is 9.59 Å². The molecular weight excluding hydrogens is 504 g/mol. The summed E-state index contributed by atoms with van der Waals surface area (Å²) < 4.78 is 0. The third kappa shape index (κ3) is 6.88. The van der Waals surface area contributed by atoms with Crippen molar-refractivity contribution in [3.8, 4) is 0 Å². The number of rotatable bonds is 18. The summed E-state index contributed by atoms with van der Waals surface area (Å²) >= 11 is 0. The van der Waals surface area contributed by atoms with Crippen LogP contribution in [0, 0.1) is 0 Å². The molecule has 2 aromatic carbocycles. The predicted molar refractivity (Wildman–Crippen MR) is 164 cm³/mol. The zero-order chi connectivity index (χ0) is 29.2. The van der Waals surface area contributed by atoms with E-state index in [1.54, 1.807) is 12.1 Å². The van der Waals surface area contributed by atoms with E-state index in [-0.39, 0.29) is 11.6 Å². The number of anilines is 2. The van der Waals surface area contributed by atoms with Gasteiger partial charge in [-0.3, -0.25) is 30.9 Å². The average molecular weight is 553 g/mol. The Hall–Kier alpha value is -2.86. The number of nitrogens with one attached hydrogen (secondary N) is 8. The van der Waals surface area contributed by atoms with Gasteiger partial charge in [-0.15, -0.1) is 0 Å². The van der Waals surface area contributed by atoms with E-state index in [4.69, 9.17) is 0 Å². The van der Waals surface area contributed by atoms with E-state index in [0.29, 0.717) is 72.9 Å². The van der Waals surface area contributed by atoms with Gasteiger partial charge in [-0.1, -0.05) is 65.8 Å². The molecule has 0 aromatic heterocycles. The Morgan fingerprint density at radius 2 is 0.875 bits per heavy atom. The van der Waals surface area contributed by atoms with Crippen molar-refractivity contribution in [2.75, 3.05) is 63.0 Å². The van der Waals surface area contributed by atoms with Crippen LogP contribution in [-0.4, -0.2) is 75.5 Å². The summed E-state index contributed by atoms with van der Waals surface area (Å²) in [5.74, 6) is -1.76. The number of carbonyl (C=O) groups excluding carboxylic acids is 2. The second kappa shape index (κ2) is 14.7. The van der Waals surface area contributed by atoms with Crippen LogP contribution in [-0.2, 0) is 0 Å². The van der Waals surface area contributed by atoms with Crippen molar-refractivity contribution in [2.24, 2.45) is 0 Å². The largest absolute Gasteiger partial charge is 0.353 e. The minimum atomic E-state index is -0.703. The number of hydrogen-bond acceptors (Lipinski definition) is 10. The van der Waals surface area contributed by atoms with Gasteiger partial charge in [0, 0.05) is 35.6 Å². The van der Waals surface area contributed by atoms with Crippen LogP contribution < -0.4 is 42.5 Å². The molecule has 0 spiro atoms. The zero-order valence-electron chi connectivity index (χ0n) is 24.9. The van der Waals surface area contributed by atoms with Crippen molar-refractivity contribution < 1.29 is 9.59 Å². The third-order valence-electron chi connectivity index (χ3n) is 6.96. The van der Waals surface area contributed by atoms with Gasteiger partial charge in [0.2, 0.25) is 0 Å². The lowest BCUT2D eigenvalue weighted by molar-refractivity contribution is 0.0979. The Labute approximate surface area is 239 Å². The molecule has 8 N–H and O–H groups in total. The van der Waals surface area contributed by atoms with E-state index in [2.05, 4.69) is 56.4 Å². The van der Waals surface area contributed by atoms with Crippen molar-refractivity contribution >= 4 is 22.9 Å². The number of hydrogen-bond donors (Lipinski definition) is 8. The minimum Gasteiger partial charge on any atom is -0.353 e. The van der Waals surface area contributed by atoms with Crippen LogP contribution in [0.2, 0.25) is 0 Å². The van der Waals surface area contributed by atoms with Crippen LogP contribution in [0.1, 0.15) is 73.4 Å². The van der Waals surface area contributed by atoms with Gasteiger partial charge in [0.15, 0.2) is 23.1 Å². The van der Waals surface area contributed by atoms with E-state index < -0.39 is 11.6 Å². The van der Waals surface area contributed by atoms with E-state index in [1.807, 2.05) is 52.0 Å². The van der Waals surface area contributed by atoms with Crippen molar-refractivity contribution in [2.45, 2.75) is 53.1 Å². The predicted octanol–water partition coefficient (Wildman–Crippen LogP) is 2.25.